The first-order valence-corrected chi connectivity index (χ1v) is 5.50. The molecule has 2 N–H and O–H groups in total. The highest BCUT2D eigenvalue weighted by atomic mass is 32.2. The van der Waals surface area contributed by atoms with Crippen LogP contribution >= 0.6 is 0 Å². The van der Waals surface area contributed by atoms with Crippen LogP contribution in [0.3, 0.4) is 0 Å². The van der Waals surface area contributed by atoms with Gasteiger partial charge in [-0.2, -0.15) is 0 Å². The molecule has 1 aromatic rings. The average Bonchev–Trinajstić information content (AvgIpc) is 2.25. The van der Waals surface area contributed by atoms with Crippen molar-refractivity contribution in [1.29, 1.82) is 0 Å². The summed E-state index contributed by atoms with van der Waals surface area (Å²) in [5.41, 5.74) is 0.723. The number of hydrogen-bond donors (Lipinski definition) is 1. The van der Waals surface area contributed by atoms with Crippen molar-refractivity contribution in [3.63, 3.8) is 0 Å². The van der Waals surface area contributed by atoms with Crippen molar-refractivity contribution >= 4 is 17.1 Å². The molecule has 5 heteroatoms. The fourth-order valence-corrected chi connectivity index (χ4v) is 1.45. The van der Waals surface area contributed by atoms with Gasteiger partial charge in [0.25, 0.3) is 0 Å². The van der Waals surface area contributed by atoms with Gasteiger partial charge in [0.2, 0.25) is 0 Å². The largest absolute Gasteiger partial charge is 0.496 e. The summed E-state index contributed by atoms with van der Waals surface area (Å²) in [6.07, 6.45) is 1.62. The third-order valence-electron chi connectivity index (χ3n) is 1.83. The molecule has 0 aliphatic heterocycles. The van der Waals surface area contributed by atoms with Gasteiger partial charge in [0.1, 0.15) is 22.5 Å². The minimum Gasteiger partial charge on any atom is -0.496 e. The van der Waals surface area contributed by atoms with Crippen LogP contribution in [-0.2, 0) is 11.0 Å². The van der Waals surface area contributed by atoms with Gasteiger partial charge in [0, 0.05) is 5.41 Å². The van der Waals surface area contributed by atoms with Gasteiger partial charge in [-0.1, -0.05) is 6.07 Å². The third kappa shape index (κ3) is 3.07. The summed E-state index contributed by atoms with van der Waals surface area (Å²) in [4.78, 5) is 0. The SMILES string of the molecule is COc1cccc(OC)c1/C=C/S(N)=O. The predicted octanol–water partition coefficient (Wildman–Crippen LogP) is 1.30. The summed E-state index contributed by atoms with van der Waals surface area (Å²) in [6.45, 7) is 0. The Balaban J connectivity index is 3.16. The lowest BCUT2D eigenvalue weighted by Gasteiger charge is -2.09. The molecule has 0 saturated carbocycles. The van der Waals surface area contributed by atoms with E-state index >= 15 is 0 Å². The van der Waals surface area contributed by atoms with E-state index in [9.17, 15) is 4.21 Å². The Morgan fingerprint density at radius 3 is 2.20 bits per heavy atom. The summed E-state index contributed by atoms with van der Waals surface area (Å²) in [5.74, 6) is 1.30. The summed E-state index contributed by atoms with van der Waals surface area (Å²) in [5, 5.41) is 6.50. The van der Waals surface area contributed by atoms with Gasteiger partial charge in [-0.15, -0.1) is 0 Å². The van der Waals surface area contributed by atoms with Crippen LogP contribution in [0.2, 0.25) is 0 Å². The van der Waals surface area contributed by atoms with E-state index < -0.39 is 11.0 Å². The fraction of sp³-hybridized carbons (Fsp3) is 0.200. The van der Waals surface area contributed by atoms with Crippen molar-refractivity contribution in [3.8, 4) is 11.5 Å². The van der Waals surface area contributed by atoms with Crippen LogP contribution < -0.4 is 14.6 Å². The Bertz CT molecular complexity index is 368. The lowest BCUT2D eigenvalue weighted by Crippen LogP contribution is -1.97. The normalized spacial score (nSPS) is 12.7. The van der Waals surface area contributed by atoms with Gasteiger partial charge < -0.3 is 9.47 Å². The van der Waals surface area contributed by atoms with E-state index in [1.54, 1.807) is 32.4 Å². The lowest BCUT2D eigenvalue weighted by atomic mass is 10.2. The molecular formula is C10H13NO3S. The Labute approximate surface area is 91.3 Å². The molecule has 0 spiro atoms. The highest BCUT2D eigenvalue weighted by Crippen LogP contribution is 2.29. The number of rotatable bonds is 4. The van der Waals surface area contributed by atoms with Crippen molar-refractivity contribution in [3.05, 3.63) is 29.2 Å². The van der Waals surface area contributed by atoms with Crippen LogP contribution in [0.15, 0.2) is 23.6 Å². The van der Waals surface area contributed by atoms with E-state index in [-0.39, 0.29) is 0 Å². The van der Waals surface area contributed by atoms with E-state index in [4.69, 9.17) is 14.6 Å². The molecule has 82 valence electrons. The van der Waals surface area contributed by atoms with Crippen LogP contribution in [-0.4, -0.2) is 18.4 Å². The quantitative estimate of drug-likeness (QED) is 0.843. The molecule has 0 bridgehead atoms. The summed E-state index contributed by atoms with van der Waals surface area (Å²) >= 11 is 0. The molecule has 0 aliphatic carbocycles. The third-order valence-corrected chi connectivity index (χ3v) is 2.24. The molecular weight excluding hydrogens is 214 g/mol. The molecule has 0 aliphatic rings. The molecule has 0 amide bonds. The smallest absolute Gasteiger partial charge is 0.129 e. The average molecular weight is 227 g/mol. The topological polar surface area (TPSA) is 61.6 Å². The predicted molar refractivity (Wildman–Crippen MR) is 60.9 cm³/mol. The first-order valence-electron chi connectivity index (χ1n) is 4.23. The van der Waals surface area contributed by atoms with Crippen LogP contribution in [0.4, 0.5) is 0 Å². The maximum Gasteiger partial charge on any atom is 0.129 e. The van der Waals surface area contributed by atoms with Crippen molar-refractivity contribution in [2.75, 3.05) is 14.2 Å². The van der Waals surface area contributed by atoms with E-state index in [0.717, 1.165) is 5.56 Å². The molecule has 1 rings (SSSR count). The van der Waals surface area contributed by atoms with Gasteiger partial charge in [0.15, 0.2) is 0 Å². The van der Waals surface area contributed by atoms with E-state index in [1.807, 2.05) is 6.07 Å². The molecule has 0 aromatic heterocycles. The Morgan fingerprint density at radius 2 is 1.80 bits per heavy atom. The van der Waals surface area contributed by atoms with Crippen LogP contribution in [0.1, 0.15) is 5.56 Å². The zero-order valence-electron chi connectivity index (χ0n) is 8.60. The Morgan fingerprint density at radius 1 is 1.27 bits per heavy atom. The Hall–Kier alpha value is -1.33. The number of methoxy groups -OCH3 is 2. The monoisotopic (exact) mass is 227 g/mol. The van der Waals surface area contributed by atoms with Gasteiger partial charge in [-0.3, -0.25) is 0 Å². The summed E-state index contributed by atoms with van der Waals surface area (Å²) in [6, 6.07) is 5.40. The zero-order chi connectivity index (χ0) is 11.3. The van der Waals surface area contributed by atoms with Crippen LogP contribution in [0.5, 0.6) is 11.5 Å². The van der Waals surface area contributed by atoms with Gasteiger partial charge in [-0.25, -0.2) is 9.35 Å². The maximum absolute atomic E-state index is 10.7. The van der Waals surface area contributed by atoms with Gasteiger partial charge in [0.05, 0.1) is 19.8 Å². The number of hydrogen-bond acceptors (Lipinski definition) is 3. The molecule has 1 aromatic carbocycles. The highest BCUT2D eigenvalue weighted by molar-refractivity contribution is 7.85. The minimum absolute atomic E-state index is 0.649. The second-order valence-electron chi connectivity index (χ2n) is 2.71. The molecule has 1 unspecified atom stereocenters. The molecule has 0 fully saturated rings. The number of ether oxygens (including phenoxy) is 2. The number of benzene rings is 1. The molecule has 4 nitrogen and oxygen atoms in total. The van der Waals surface area contributed by atoms with Crippen molar-refractivity contribution < 1.29 is 13.7 Å². The highest BCUT2D eigenvalue weighted by Gasteiger charge is 2.05. The van der Waals surface area contributed by atoms with Crippen LogP contribution in [0, 0.1) is 0 Å². The first kappa shape index (κ1) is 11.7. The second kappa shape index (κ2) is 5.53. The number of nitrogens with two attached hydrogens (primary N) is 1. The lowest BCUT2D eigenvalue weighted by molar-refractivity contribution is 0.392. The summed E-state index contributed by atoms with van der Waals surface area (Å²) in [7, 11) is 1.64. The molecule has 15 heavy (non-hydrogen) atoms. The maximum atomic E-state index is 10.7. The fourth-order valence-electron chi connectivity index (χ4n) is 1.18. The van der Waals surface area contributed by atoms with Crippen molar-refractivity contribution in [1.82, 2.24) is 0 Å². The molecule has 0 saturated heterocycles. The van der Waals surface area contributed by atoms with E-state index in [0.29, 0.717) is 11.5 Å². The van der Waals surface area contributed by atoms with Crippen molar-refractivity contribution in [2.24, 2.45) is 5.14 Å². The standard InChI is InChI=1S/C10H13NO3S/c1-13-9-4-3-5-10(14-2)8(9)6-7-15(11)12/h3-7H,11H2,1-2H3/b7-6+. The van der Waals surface area contributed by atoms with Crippen molar-refractivity contribution in [2.45, 2.75) is 0 Å². The van der Waals surface area contributed by atoms with Gasteiger partial charge in [-0.05, 0) is 18.2 Å². The summed E-state index contributed by atoms with van der Waals surface area (Å²) < 4.78 is 21.0. The zero-order valence-corrected chi connectivity index (χ0v) is 9.41. The minimum atomic E-state index is -1.48. The molecule has 1 atom stereocenters. The van der Waals surface area contributed by atoms with Crippen LogP contribution in [0.25, 0.3) is 6.08 Å². The van der Waals surface area contributed by atoms with E-state index in [1.165, 1.54) is 5.41 Å². The van der Waals surface area contributed by atoms with Gasteiger partial charge >= 0.3 is 0 Å². The second-order valence-corrected chi connectivity index (χ2v) is 3.64. The first-order chi connectivity index (χ1) is 7.19. The molecule has 0 radical (unpaired) electrons. The van der Waals surface area contributed by atoms with E-state index in [2.05, 4.69) is 0 Å². The molecule has 0 heterocycles. The Kier molecular flexibility index (Phi) is 4.33.